The molecule has 2 rings (SSSR count). The Hall–Kier alpha value is -0.880. The van der Waals surface area contributed by atoms with Crippen LogP contribution in [0.5, 0.6) is 0 Å². The molecule has 0 amide bonds. The molecule has 1 aromatic carbocycles. The summed E-state index contributed by atoms with van der Waals surface area (Å²) in [7, 11) is -3.49. The molecule has 0 aliphatic heterocycles. The highest BCUT2D eigenvalue weighted by Gasteiger charge is 2.23. The van der Waals surface area contributed by atoms with Crippen LogP contribution >= 0.6 is 11.6 Å². The first-order chi connectivity index (χ1) is 9.96. The number of aliphatic hydroxyl groups excluding tert-OH is 1. The molecule has 6 heteroatoms. The fourth-order valence-electron chi connectivity index (χ4n) is 2.44. The van der Waals surface area contributed by atoms with Crippen molar-refractivity contribution >= 4 is 27.7 Å². The SMILES string of the molecule is O=S(=O)(C=Cc1ccc(Cl)cc1)NCC1CCCCC1O. The van der Waals surface area contributed by atoms with Crippen molar-refractivity contribution < 1.29 is 13.5 Å². The first-order valence-corrected chi connectivity index (χ1v) is 9.00. The molecule has 2 N–H and O–H groups in total. The van der Waals surface area contributed by atoms with Crippen LogP contribution in [-0.2, 0) is 10.0 Å². The van der Waals surface area contributed by atoms with Crippen molar-refractivity contribution in [3.05, 3.63) is 40.3 Å². The third kappa shape index (κ3) is 5.43. The minimum Gasteiger partial charge on any atom is -0.393 e. The van der Waals surface area contributed by atoms with Gasteiger partial charge in [0.05, 0.1) is 6.10 Å². The van der Waals surface area contributed by atoms with Gasteiger partial charge in [-0.3, -0.25) is 0 Å². The van der Waals surface area contributed by atoms with Crippen molar-refractivity contribution in [1.29, 1.82) is 0 Å². The van der Waals surface area contributed by atoms with Gasteiger partial charge in [-0.2, -0.15) is 0 Å². The van der Waals surface area contributed by atoms with Gasteiger partial charge in [0.15, 0.2) is 0 Å². The van der Waals surface area contributed by atoms with E-state index in [1.165, 1.54) is 6.08 Å². The smallest absolute Gasteiger partial charge is 0.233 e. The maximum Gasteiger partial charge on any atom is 0.233 e. The van der Waals surface area contributed by atoms with Gasteiger partial charge >= 0.3 is 0 Å². The standard InChI is InChI=1S/C15H20ClNO3S/c16-14-7-5-12(6-8-14)9-10-21(19,20)17-11-13-3-1-2-4-15(13)18/h5-10,13,15,17-18H,1-4,11H2. The molecule has 0 aromatic heterocycles. The highest BCUT2D eigenvalue weighted by Crippen LogP contribution is 2.23. The number of hydrogen-bond donors (Lipinski definition) is 2. The fraction of sp³-hybridized carbons (Fsp3) is 0.467. The van der Waals surface area contributed by atoms with Crippen LogP contribution < -0.4 is 4.72 Å². The molecule has 0 spiro atoms. The summed E-state index contributed by atoms with van der Waals surface area (Å²) in [6.45, 7) is 0.286. The van der Waals surface area contributed by atoms with Crippen LogP contribution in [0.3, 0.4) is 0 Å². The molecule has 1 fully saturated rings. The molecule has 2 unspecified atom stereocenters. The van der Waals surface area contributed by atoms with Crippen molar-refractivity contribution in [1.82, 2.24) is 4.72 Å². The number of aliphatic hydroxyl groups is 1. The van der Waals surface area contributed by atoms with E-state index >= 15 is 0 Å². The van der Waals surface area contributed by atoms with Gasteiger partial charge in [-0.1, -0.05) is 36.6 Å². The van der Waals surface area contributed by atoms with E-state index in [2.05, 4.69) is 4.72 Å². The van der Waals surface area contributed by atoms with Crippen molar-refractivity contribution in [3.8, 4) is 0 Å². The predicted octanol–water partition coefficient (Wildman–Crippen LogP) is 2.78. The summed E-state index contributed by atoms with van der Waals surface area (Å²) < 4.78 is 26.4. The first kappa shape index (κ1) is 16.5. The van der Waals surface area contributed by atoms with Crippen LogP contribution in [0, 0.1) is 5.92 Å². The molecule has 2 atom stereocenters. The molecule has 1 aliphatic carbocycles. The Morgan fingerprint density at radius 2 is 1.90 bits per heavy atom. The van der Waals surface area contributed by atoms with E-state index in [0.717, 1.165) is 36.7 Å². The second-order valence-electron chi connectivity index (χ2n) is 5.36. The Morgan fingerprint density at radius 1 is 1.24 bits per heavy atom. The number of rotatable bonds is 5. The first-order valence-electron chi connectivity index (χ1n) is 7.08. The third-order valence-corrected chi connectivity index (χ3v) is 5.04. The van der Waals surface area contributed by atoms with E-state index in [1.807, 2.05) is 0 Å². The lowest BCUT2D eigenvalue weighted by atomic mass is 9.87. The van der Waals surface area contributed by atoms with Gasteiger partial charge in [0.2, 0.25) is 10.0 Å². The number of nitrogens with one attached hydrogen (secondary N) is 1. The lowest BCUT2D eigenvalue weighted by Gasteiger charge is -2.27. The molecule has 0 saturated heterocycles. The Labute approximate surface area is 130 Å². The predicted molar refractivity (Wildman–Crippen MR) is 85.4 cm³/mol. The van der Waals surface area contributed by atoms with E-state index in [0.29, 0.717) is 5.02 Å². The summed E-state index contributed by atoms with van der Waals surface area (Å²) in [4.78, 5) is 0. The topological polar surface area (TPSA) is 66.4 Å². The number of benzene rings is 1. The minimum absolute atomic E-state index is 0.0115. The molecular formula is C15H20ClNO3S. The van der Waals surface area contributed by atoms with Gasteiger partial charge in [0.1, 0.15) is 0 Å². The number of hydrogen-bond acceptors (Lipinski definition) is 3. The molecule has 21 heavy (non-hydrogen) atoms. The normalized spacial score (nSPS) is 23.5. The average Bonchev–Trinajstić information content (AvgIpc) is 2.46. The highest BCUT2D eigenvalue weighted by atomic mass is 35.5. The van der Waals surface area contributed by atoms with Crippen molar-refractivity contribution in [3.63, 3.8) is 0 Å². The second-order valence-corrected chi connectivity index (χ2v) is 7.45. The maximum atomic E-state index is 11.9. The number of halogens is 1. The van der Waals surface area contributed by atoms with Gasteiger partial charge in [0.25, 0.3) is 0 Å². The molecule has 0 heterocycles. The van der Waals surface area contributed by atoms with E-state index in [9.17, 15) is 13.5 Å². The van der Waals surface area contributed by atoms with Gasteiger partial charge in [-0.05, 0) is 42.5 Å². The van der Waals surface area contributed by atoms with Crippen LogP contribution in [0.15, 0.2) is 29.7 Å². The zero-order chi connectivity index (χ0) is 15.3. The monoisotopic (exact) mass is 329 g/mol. The fourth-order valence-corrected chi connectivity index (χ4v) is 3.44. The summed E-state index contributed by atoms with van der Waals surface area (Å²) in [5, 5.41) is 11.6. The van der Waals surface area contributed by atoms with Gasteiger partial charge < -0.3 is 5.11 Å². The zero-order valence-corrected chi connectivity index (χ0v) is 13.3. The van der Waals surface area contributed by atoms with Crippen molar-refractivity contribution in [2.24, 2.45) is 5.92 Å². The Morgan fingerprint density at radius 3 is 2.57 bits per heavy atom. The Kier molecular flexibility index (Phi) is 5.81. The van der Waals surface area contributed by atoms with E-state index in [1.54, 1.807) is 24.3 Å². The largest absolute Gasteiger partial charge is 0.393 e. The Bertz CT molecular complexity index is 583. The molecule has 1 aliphatic rings. The molecule has 0 bridgehead atoms. The third-order valence-electron chi connectivity index (χ3n) is 3.73. The zero-order valence-electron chi connectivity index (χ0n) is 11.7. The summed E-state index contributed by atoms with van der Waals surface area (Å²) in [6, 6.07) is 6.91. The molecule has 4 nitrogen and oxygen atoms in total. The van der Waals surface area contributed by atoms with Crippen LogP contribution in [0.2, 0.25) is 5.02 Å². The highest BCUT2D eigenvalue weighted by molar-refractivity contribution is 7.92. The van der Waals surface area contributed by atoms with E-state index in [4.69, 9.17) is 11.6 Å². The number of sulfonamides is 1. The lowest BCUT2D eigenvalue weighted by molar-refractivity contribution is 0.0725. The molecule has 1 aromatic rings. The van der Waals surface area contributed by atoms with Crippen LogP contribution in [0.4, 0.5) is 0 Å². The minimum atomic E-state index is -3.49. The molecular weight excluding hydrogens is 310 g/mol. The van der Waals surface area contributed by atoms with Gasteiger partial charge in [0, 0.05) is 17.0 Å². The van der Waals surface area contributed by atoms with E-state index < -0.39 is 16.1 Å². The lowest BCUT2D eigenvalue weighted by Crippen LogP contribution is -2.35. The van der Waals surface area contributed by atoms with Crippen LogP contribution in [-0.4, -0.2) is 26.2 Å². The molecule has 116 valence electrons. The van der Waals surface area contributed by atoms with Gasteiger partial charge in [-0.15, -0.1) is 0 Å². The maximum absolute atomic E-state index is 11.9. The van der Waals surface area contributed by atoms with Crippen molar-refractivity contribution in [2.75, 3.05) is 6.54 Å². The Balaban J connectivity index is 1.90. The van der Waals surface area contributed by atoms with Gasteiger partial charge in [-0.25, -0.2) is 13.1 Å². The second kappa shape index (κ2) is 7.40. The summed E-state index contributed by atoms with van der Waals surface area (Å²) >= 11 is 5.77. The van der Waals surface area contributed by atoms with E-state index in [-0.39, 0.29) is 12.5 Å². The van der Waals surface area contributed by atoms with Crippen LogP contribution in [0.1, 0.15) is 31.2 Å². The summed E-state index contributed by atoms with van der Waals surface area (Å²) in [6.07, 6.45) is 4.81. The summed E-state index contributed by atoms with van der Waals surface area (Å²) in [5.41, 5.74) is 0.766. The quantitative estimate of drug-likeness (QED) is 0.873. The molecule has 1 saturated carbocycles. The summed E-state index contributed by atoms with van der Waals surface area (Å²) in [5.74, 6) is 0.0115. The van der Waals surface area contributed by atoms with Crippen LogP contribution in [0.25, 0.3) is 6.08 Å². The average molecular weight is 330 g/mol. The molecule has 0 radical (unpaired) electrons. The van der Waals surface area contributed by atoms with Crippen molar-refractivity contribution in [2.45, 2.75) is 31.8 Å².